The molecule has 2 aromatic rings. The van der Waals surface area contributed by atoms with Gasteiger partial charge in [-0.25, -0.2) is 4.98 Å². The molecule has 0 amide bonds. The van der Waals surface area contributed by atoms with E-state index in [1.165, 1.54) is 18.3 Å². The van der Waals surface area contributed by atoms with Crippen molar-refractivity contribution in [3.63, 3.8) is 0 Å². The van der Waals surface area contributed by atoms with Crippen molar-refractivity contribution in [2.45, 2.75) is 13.8 Å². The molecule has 92 valence electrons. The molecule has 0 aliphatic heterocycles. The summed E-state index contributed by atoms with van der Waals surface area (Å²) < 4.78 is 0. The van der Waals surface area contributed by atoms with E-state index in [2.05, 4.69) is 10.3 Å². The SMILES string of the molecule is Cc1cccc(C)c1Nc1cc([N+](=O)[O-])ccn1. The summed E-state index contributed by atoms with van der Waals surface area (Å²) in [5.41, 5.74) is 3.11. The Balaban J connectivity index is 2.34. The predicted molar refractivity (Wildman–Crippen MR) is 70.1 cm³/mol. The highest BCUT2D eigenvalue weighted by Gasteiger charge is 2.08. The van der Waals surface area contributed by atoms with Gasteiger partial charge in [-0.1, -0.05) is 18.2 Å². The van der Waals surface area contributed by atoms with Crippen LogP contribution >= 0.6 is 0 Å². The van der Waals surface area contributed by atoms with Crippen LogP contribution in [0.1, 0.15) is 11.1 Å². The number of hydrogen-bond donors (Lipinski definition) is 1. The minimum absolute atomic E-state index is 0.0266. The predicted octanol–water partition coefficient (Wildman–Crippen LogP) is 3.35. The average molecular weight is 243 g/mol. The Morgan fingerprint density at radius 3 is 2.50 bits per heavy atom. The van der Waals surface area contributed by atoms with Crippen molar-refractivity contribution >= 4 is 17.2 Å². The molecule has 2 rings (SSSR count). The zero-order valence-corrected chi connectivity index (χ0v) is 10.2. The Kier molecular flexibility index (Phi) is 3.23. The lowest BCUT2D eigenvalue weighted by Crippen LogP contribution is -1.99. The fraction of sp³-hybridized carbons (Fsp3) is 0.154. The van der Waals surface area contributed by atoms with Gasteiger partial charge in [0, 0.05) is 18.0 Å². The molecule has 1 N–H and O–H groups in total. The third kappa shape index (κ3) is 2.45. The third-order valence-electron chi connectivity index (χ3n) is 2.69. The Morgan fingerprint density at radius 1 is 1.22 bits per heavy atom. The van der Waals surface area contributed by atoms with E-state index >= 15 is 0 Å². The lowest BCUT2D eigenvalue weighted by Gasteiger charge is -2.11. The largest absolute Gasteiger partial charge is 0.340 e. The molecule has 0 fully saturated rings. The van der Waals surface area contributed by atoms with Gasteiger partial charge in [-0.3, -0.25) is 10.1 Å². The molecule has 0 unspecified atom stereocenters. The van der Waals surface area contributed by atoms with Crippen LogP contribution < -0.4 is 5.32 Å². The molecule has 0 radical (unpaired) electrons. The minimum Gasteiger partial charge on any atom is -0.340 e. The molecule has 0 saturated heterocycles. The maximum absolute atomic E-state index is 10.7. The normalized spacial score (nSPS) is 10.1. The van der Waals surface area contributed by atoms with E-state index in [1.807, 2.05) is 32.0 Å². The summed E-state index contributed by atoms with van der Waals surface area (Å²) in [6, 6.07) is 8.72. The molecule has 0 spiro atoms. The van der Waals surface area contributed by atoms with Crippen LogP contribution in [0.25, 0.3) is 0 Å². The van der Waals surface area contributed by atoms with Crippen LogP contribution in [-0.4, -0.2) is 9.91 Å². The highest BCUT2D eigenvalue weighted by atomic mass is 16.6. The second kappa shape index (κ2) is 4.83. The van der Waals surface area contributed by atoms with E-state index in [0.29, 0.717) is 5.82 Å². The number of rotatable bonds is 3. The van der Waals surface area contributed by atoms with E-state index in [0.717, 1.165) is 16.8 Å². The van der Waals surface area contributed by atoms with Crippen LogP contribution in [0.5, 0.6) is 0 Å². The van der Waals surface area contributed by atoms with Gasteiger partial charge in [-0.15, -0.1) is 0 Å². The van der Waals surface area contributed by atoms with Gasteiger partial charge in [0.05, 0.1) is 11.0 Å². The van der Waals surface area contributed by atoms with Gasteiger partial charge in [-0.2, -0.15) is 0 Å². The first-order chi connectivity index (χ1) is 8.58. The monoisotopic (exact) mass is 243 g/mol. The number of hydrogen-bond acceptors (Lipinski definition) is 4. The Morgan fingerprint density at radius 2 is 1.89 bits per heavy atom. The van der Waals surface area contributed by atoms with Crippen molar-refractivity contribution in [3.05, 3.63) is 57.8 Å². The topological polar surface area (TPSA) is 68.1 Å². The first-order valence-electron chi connectivity index (χ1n) is 5.51. The molecular weight excluding hydrogens is 230 g/mol. The fourth-order valence-corrected chi connectivity index (χ4v) is 1.74. The zero-order chi connectivity index (χ0) is 13.1. The number of anilines is 2. The van der Waals surface area contributed by atoms with Crippen molar-refractivity contribution < 1.29 is 4.92 Å². The molecular formula is C13H13N3O2. The summed E-state index contributed by atoms with van der Waals surface area (Å²) >= 11 is 0. The number of pyridine rings is 1. The van der Waals surface area contributed by atoms with Gasteiger partial charge in [0.2, 0.25) is 0 Å². The van der Waals surface area contributed by atoms with E-state index in [9.17, 15) is 10.1 Å². The van der Waals surface area contributed by atoms with Gasteiger partial charge >= 0.3 is 0 Å². The highest BCUT2D eigenvalue weighted by Crippen LogP contribution is 2.24. The molecule has 18 heavy (non-hydrogen) atoms. The van der Waals surface area contributed by atoms with Crippen LogP contribution in [0.3, 0.4) is 0 Å². The quantitative estimate of drug-likeness (QED) is 0.663. The molecule has 1 heterocycles. The molecule has 1 aromatic carbocycles. The third-order valence-corrected chi connectivity index (χ3v) is 2.69. The summed E-state index contributed by atoms with van der Waals surface area (Å²) in [7, 11) is 0. The van der Waals surface area contributed by atoms with Crippen LogP contribution in [-0.2, 0) is 0 Å². The summed E-state index contributed by atoms with van der Waals surface area (Å²) in [6.45, 7) is 3.96. The minimum atomic E-state index is -0.433. The van der Waals surface area contributed by atoms with E-state index in [-0.39, 0.29) is 5.69 Å². The number of aryl methyl sites for hydroxylation is 2. The molecule has 1 aromatic heterocycles. The van der Waals surface area contributed by atoms with Gasteiger partial charge < -0.3 is 5.32 Å². The smallest absolute Gasteiger partial charge is 0.274 e. The van der Waals surface area contributed by atoms with Gasteiger partial charge in [0.15, 0.2) is 0 Å². The van der Waals surface area contributed by atoms with Crippen molar-refractivity contribution in [2.24, 2.45) is 0 Å². The van der Waals surface area contributed by atoms with Gasteiger partial charge in [-0.05, 0) is 25.0 Å². The van der Waals surface area contributed by atoms with E-state index in [4.69, 9.17) is 0 Å². The lowest BCUT2D eigenvalue weighted by molar-refractivity contribution is -0.384. The number of para-hydroxylation sites is 1. The number of nitrogens with one attached hydrogen (secondary N) is 1. The van der Waals surface area contributed by atoms with E-state index < -0.39 is 4.92 Å². The second-order valence-electron chi connectivity index (χ2n) is 4.05. The maximum Gasteiger partial charge on any atom is 0.274 e. The number of aromatic nitrogens is 1. The second-order valence-corrected chi connectivity index (χ2v) is 4.05. The molecule has 0 bridgehead atoms. The Labute approximate surface area is 105 Å². The van der Waals surface area contributed by atoms with Crippen molar-refractivity contribution in [3.8, 4) is 0 Å². The summed E-state index contributed by atoms with van der Waals surface area (Å²) in [6.07, 6.45) is 1.42. The Hall–Kier alpha value is -2.43. The van der Waals surface area contributed by atoms with Crippen LogP contribution in [0.2, 0.25) is 0 Å². The molecule has 0 aliphatic rings. The number of nitro groups is 1. The van der Waals surface area contributed by atoms with Crippen LogP contribution in [0.4, 0.5) is 17.2 Å². The first-order valence-corrected chi connectivity index (χ1v) is 5.51. The molecule has 0 aliphatic carbocycles. The average Bonchev–Trinajstić information content (AvgIpc) is 2.34. The van der Waals surface area contributed by atoms with Crippen molar-refractivity contribution in [1.82, 2.24) is 4.98 Å². The lowest BCUT2D eigenvalue weighted by atomic mass is 10.1. The van der Waals surface area contributed by atoms with Crippen molar-refractivity contribution in [1.29, 1.82) is 0 Å². The van der Waals surface area contributed by atoms with Gasteiger partial charge in [0.1, 0.15) is 5.82 Å². The summed E-state index contributed by atoms with van der Waals surface area (Å²) in [5.74, 6) is 0.474. The first kappa shape index (κ1) is 12.0. The van der Waals surface area contributed by atoms with E-state index in [1.54, 1.807) is 0 Å². The molecule has 5 nitrogen and oxygen atoms in total. The summed E-state index contributed by atoms with van der Waals surface area (Å²) in [4.78, 5) is 14.3. The number of benzene rings is 1. The zero-order valence-electron chi connectivity index (χ0n) is 10.2. The Bertz CT molecular complexity index is 576. The molecule has 0 saturated carbocycles. The van der Waals surface area contributed by atoms with Crippen LogP contribution in [0.15, 0.2) is 36.5 Å². The van der Waals surface area contributed by atoms with Gasteiger partial charge in [0.25, 0.3) is 5.69 Å². The van der Waals surface area contributed by atoms with Crippen LogP contribution in [0, 0.1) is 24.0 Å². The summed E-state index contributed by atoms with van der Waals surface area (Å²) in [5, 5.41) is 13.8. The fourth-order valence-electron chi connectivity index (χ4n) is 1.74. The number of nitrogens with zero attached hydrogens (tertiary/aromatic N) is 2. The molecule has 5 heteroatoms. The highest BCUT2D eigenvalue weighted by molar-refractivity contribution is 5.65. The van der Waals surface area contributed by atoms with Crippen molar-refractivity contribution in [2.75, 3.05) is 5.32 Å². The standard InChI is InChI=1S/C13H13N3O2/c1-9-4-3-5-10(2)13(9)15-12-8-11(16(17)18)6-7-14-12/h3-8H,1-2H3,(H,14,15). The maximum atomic E-state index is 10.7. The molecule has 0 atom stereocenters.